The number of hydrogen-bond donors (Lipinski definition) is 2. The number of nitrogens with one attached hydrogen (secondary N) is 1. The van der Waals surface area contributed by atoms with Gasteiger partial charge in [-0.15, -0.1) is 0 Å². The number of likely N-dealkylation sites (tertiary alicyclic amines) is 1. The molecule has 1 unspecified atom stereocenters. The van der Waals surface area contributed by atoms with E-state index in [4.69, 9.17) is 4.74 Å². The number of amides is 2. The molecule has 1 fully saturated rings. The Bertz CT molecular complexity index is 1210. The van der Waals surface area contributed by atoms with Gasteiger partial charge in [-0.05, 0) is 40.7 Å². The van der Waals surface area contributed by atoms with Crippen LogP contribution >= 0.6 is 0 Å². The van der Waals surface area contributed by atoms with E-state index in [0.717, 1.165) is 22.3 Å². The van der Waals surface area contributed by atoms with Gasteiger partial charge in [0.05, 0.1) is 0 Å². The number of carbonyl (C=O) groups is 3. The number of rotatable bonds is 6. The lowest BCUT2D eigenvalue weighted by atomic mass is 9.98. The van der Waals surface area contributed by atoms with Crippen molar-refractivity contribution in [3.63, 3.8) is 0 Å². The molecular weight excluding hydrogens is 444 g/mol. The molecule has 3 aromatic rings. The van der Waals surface area contributed by atoms with Crippen molar-refractivity contribution in [2.45, 2.75) is 30.8 Å². The molecule has 7 nitrogen and oxygen atoms in total. The highest BCUT2D eigenvalue weighted by Crippen LogP contribution is 2.44. The molecule has 1 heterocycles. The van der Waals surface area contributed by atoms with Gasteiger partial charge in [0.2, 0.25) is 0 Å². The predicted octanol–water partition coefficient (Wildman–Crippen LogP) is 4.34. The van der Waals surface area contributed by atoms with Gasteiger partial charge < -0.3 is 20.1 Å². The van der Waals surface area contributed by atoms with Crippen molar-refractivity contribution in [2.24, 2.45) is 0 Å². The van der Waals surface area contributed by atoms with E-state index in [1.165, 1.54) is 4.90 Å². The molecule has 1 saturated heterocycles. The third-order valence-electron chi connectivity index (χ3n) is 6.81. The second-order valence-electron chi connectivity index (χ2n) is 8.84. The number of nitrogens with zero attached hydrogens (tertiary/aromatic N) is 1. The zero-order valence-electron chi connectivity index (χ0n) is 19.1. The molecule has 2 N–H and O–H groups in total. The van der Waals surface area contributed by atoms with Crippen molar-refractivity contribution in [3.05, 3.63) is 95.6 Å². The van der Waals surface area contributed by atoms with Crippen LogP contribution in [0, 0.1) is 0 Å². The highest BCUT2D eigenvalue weighted by atomic mass is 16.5. The normalized spacial score (nSPS) is 17.4. The lowest BCUT2D eigenvalue weighted by Crippen LogP contribution is -2.47. The minimum atomic E-state index is -1.04. The van der Waals surface area contributed by atoms with Crippen molar-refractivity contribution in [2.75, 3.05) is 13.2 Å². The van der Waals surface area contributed by atoms with Gasteiger partial charge in [-0.25, -0.2) is 9.59 Å². The molecule has 1 aliphatic heterocycles. The maximum atomic E-state index is 13.4. The number of aliphatic carboxylic acids is 1. The maximum absolute atomic E-state index is 13.4. The molecule has 3 aromatic carbocycles. The van der Waals surface area contributed by atoms with Crippen LogP contribution in [0.25, 0.3) is 11.1 Å². The highest BCUT2D eigenvalue weighted by Gasteiger charge is 2.38. The number of carboxylic acids is 1. The molecule has 7 heteroatoms. The fourth-order valence-corrected chi connectivity index (χ4v) is 5.14. The summed E-state index contributed by atoms with van der Waals surface area (Å²) in [6, 6.07) is 23.0. The Labute approximate surface area is 203 Å². The second kappa shape index (κ2) is 9.62. The summed E-state index contributed by atoms with van der Waals surface area (Å²) in [4.78, 5) is 39.3. The summed E-state index contributed by atoms with van der Waals surface area (Å²) in [5.74, 6) is -1.59. The number of carbonyl (C=O) groups excluding carboxylic acids is 2. The van der Waals surface area contributed by atoms with Crippen molar-refractivity contribution in [1.29, 1.82) is 0 Å². The molecule has 1 aliphatic carbocycles. The summed E-state index contributed by atoms with van der Waals surface area (Å²) >= 11 is 0. The van der Waals surface area contributed by atoms with E-state index in [-0.39, 0.29) is 12.5 Å². The summed E-state index contributed by atoms with van der Waals surface area (Å²) in [6.07, 6.45) is 0.281. The Morgan fingerprint density at radius 3 is 2.14 bits per heavy atom. The van der Waals surface area contributed by atoms with Crippen LogP contribution < -0.4 is 5.32 Å². The van der Waals surface area contributed by atoms with Gasteiger partial charge >= 0.3 is 12.1 Å². The Morgan fingerprint density at radius 2 is 1.51 bits per heavy atom. The number of alkyl carbamates (subject to hydrolysis) is 1. The van der Waals surface area contributed by atoms with E-state index in [0.29, 0.717) is 24.9 Å². The monoisotopic (exact) mass is 470 g/mol. The van der Waals surface area contributed by atoms with Crippen LogP contribution in [0.2, 0.25) is 0 Å². The first-order valence-electron chi connectivity index (χ1n) is 11.7. The minimum Gasteiger partial charge on any atom is -0.480 e. The van der Waals surface area contributed by atoms with Gasteiger partial charge in [0, 0.05) is 12.5 Å². The van der Waals surface area contributed by atoms with Gasteiger partial charge in [-0.3, -0.25) is 4.79 Å². The van der Waals surface area contributed by atoms with Crippen molar-refractivity contribution in [1.82, 2.24) is 10.2 Å². The van der Waals surface area contributed by atoms with E-state index in [9.17, 15) is 19.5 Å². The Balaban J connectivity index is 1.33. The maximum Gasteiger partial charge on any atom is 0.408 e. The highest BCUT2D eigenvalue weighted by molar-refractivity contribution is 5.90. The smallest absolute Gasteiger partial charge is 0.408 e. The Kier molecular flexibility index (Phi) is 6.23. The summed E-state index contributed by atoms with van der Waals surface area (Å²) in [5.41, 5.74) is 5.02. The number of benzene rings is 3. The molecule has 2 atom stereocenters. The van der Waals surface area contributed by atoms with E-state index >= 15 is 0 Å². The van der Waals surface area contributed by atoms with Crippen LogP contribution in [-0.4, -0.2) is 47.2 Å². The first-order valence-corrected chi connectivity index (χ1v) is 11.7. The first kappa shape index (κ1) is 22.7. The van der Waals surface area contributed by atoms with Crippen LogP contribution in [0.5, 0.6) is 0 Å². The summed E-state index contributed by atoms with van der Waals surface area (Å²) in [6.45, 7) is 0.461. The summed E-state index contributed by atoms with van der Waals surface area (Å²) in [5, 5.41) is 12.2. The van der Waals surface area contributed by atoms with E-state index in [2.05, 4.69) is 17.4 Å². The number of fused-ring (bicyclic) bond motifs is 3. The van der Waals surface area contributed by atoms with Crippen LogP contribution in [0.1, 0.15) is 41.5 Å². The molecule has 178 valence electrons. The lowest BCUT2D eigenvalue weighted by Gasteiger charge is -2.27. The topological polar surface area (TPSA) is 95.9 Å². The number of ether oxygens (including phenoxy) is 1. The largest absolute Gasteiger partial charge is 0.480 e. The van der Waals surface area contributed by atoms with Crippen molar-refractivity contribution in [3.8, 4) is 11.1 Å². The molecule has 0 aromatic heterocycles. The Hall–Kier alpha value is -4.13. The van der Waals surface area contributed by atoms with Gasteiger partial charge in [0.1, 0.15) is 18.7 Å². The summed E-state index contributed by atoms with van der Waals surface area (Å²) in [7, 11) is 0. The second-order valence-corrected chi connectivity index (χ2v) is 8.84. The molecule has 0 saturated carbocycles. The van der Waals surface area contributed by atoms with Crippen molar-refractivity contribution < 1.29 is 24.2 Å². The molecule has 5 rings (SSSR count). The number of hydrogen-bond acceptors (Lipinski definition) is 4. The first-order chi connectivity index (χ1) is 17.0. The van der Waals surface area contributed by atoms with Crippen LogP contribution in [0.15, 0.2) is 78.9 Å². The minimum absolute atomic E-state index is 0.103. The third kappa shape index (κ3) is 4.37. The van der Waals surface area contributed by atoms with Gasteiger partial charge in [-0.1, -0.05) is 78.9 Å². The number of carboxylic acid groups (broad SMARTS) is 1. The Morgan fingerprint density at radius 1 is 0.914 bits per heavy atom. The van der Waals surface area contributed by atoms with Crippen LogP contribution in [0.4, 0.5) is 4.79 Å². The molecular formula is C28H26N2O5. The fourth-order valence-electron chi connectivity index (χ4n) is 5.14. The average Bonchev–Trinajstić information content (AvgIpc) is 3.50. The van der Waals surface area contributed by atoms with E-state index in [1.807, 2.05) is 42.5 Å². The zero-order valence-corrected chi connectivity index (χ0v) is 19.1. The van der Waals surface area contributed by atoms with Gasteiger partial charge in [0.15, 0.2) is 0 Å². The third-order valence-corrected chi connectivity index (χ3v) is 6.81. The fraction of sp³-hybridized carbons (Fsp3) is 0.250. The molecule has 35 heavy (non-hydrogen) atoms. The lowest BCUT2D eigenvalue weighted by molar-refractivity contribution is -0.149. The quantitative estimate of drug-likeness (QED) is 0.559. The van der Waals surface area contributed by atoms with Gasteiger partial charge in [0.25, 0.3) is 5.91 Å². The standard InChI is InChI=1S/C28H26N2O5/c31-26(30-16-8-15-24(30)27(32)33)25(18-9-2-1-3-10-18)29-28(34)35-17-23-21-13-6-4-11-19(21)20-12-5-7-14-22(20)23/h1-7,9-14,23-25H,8,15-17H2,(H,29,34)(H,32,33)/t24-,25?/m0/s1. The molecule has 0 radical (unpaired) electrons. The van der Waals surface area contributed by atoms with Crippen LogP contribution in [-0.2, 0) is 14.3 Å². The molecule has 2 aliphatic rings. The SMILES string of the molecule is O=C(NC(C(=O)N1CCC[C@H]1C(=O)O)c1ccccc1)OCC1c2ccccc2-c2ccccc21. The van der Waals surface area contributed by atoms with E-state index < -0.39 is 30.1 Å². The van der Waals surface area contributed by atoms with Crippen LogP contribution in [0.3, 0.4) is 0 Å². The molecule has 2 amide bonds. The molecule has 0 bridgehead atoms. The summed E-state index contributed by atoms with van der Waals surface area (Å²) < 4.78 is 5.64. The predicted molar refractivity (Wildman–Crippen MR) is 130 cm³/mol. The molecule has 0 spiro atoms. The average molecular weight is 471 g/mol. The van der Waals surface area contributed by atoms with Gasteiger partial charge in [-0.2, -0.15) is 0 Å². The van der Waals surface area contributed by atoms with E-state index in [1.54, 1.807) is 24.3 Å². The zero-order chi connectivity index (χ0) is 24.4. The van der Waals surface area contributed by atoms with Crippen molar-refractivity contribution >= 4 is 18.0 Å².